The van der Waals surface area contributed by atoms with Crippen LogP contribution in [-0.2, 0) is 20.9 Å². The van der Waals surface area contributed by atoms with Crippen molar-refractivity contribution in [1.82, 2.24) is 9.91 Å². The van der Waals surface area contributed by atoms with Crippen molar-refractivity contribution in [3.63, 3.8) is 0 Å². The molecule has 0 spiro atoms. The van der Waals surface area contributed by atoms with Crippen LogP contribution in [0.1, 0.15) is 24.0 Å². The SMILES string of the molecule is N#Cc1ccc(NC(=O)C2CSCN2C(=O)C2=NN(Cc3ccccc3)C(=O)CC2)cc1. The van der Waals surface area contributed by atoms with Crippen LogP contribution >= 0.6 is 11.8 Å². The summed E-state index contributed by atoms with van der Waals surface area (Å²) in [4.78, 5) is 39.8. The predicted molar refractivity (Wildman–Crippen MR) is 121 cm³/mol. The number of nitrogens with zero attached hydrogens (tertiary/aromatic N) is 4. The van der Waals surface area contributed by atoms with Gasteiger partial charge in [-0.25, -0.2) is 5.01 Å². The zero-order valence-corrected chi connectivity index (χ0v) is 18.0. The Morgan fingerprint density at radius 1 is 1.12 bits per heavy atom. The average Bonchev–Trinajstić information content (AvgIpc) is 3.31. The third kappa shape index (κ3) is 4.81. The number of nitriles is 1. The molecule has 2 aliphatic rings. The first-order chi connectivity index (χ1) is 15.5. The van der Waals surface area contributed by atoms with Gasteiger partial charge in [-0.1, -0.05) is 30.3 Å². The van der Waals surface area contributed by atoms with Crippen LogP contribution in [0.4, 0.5) is 5.69 Å². The van der Waals surface area contributed by atoms with E-state index in [1.165, 1.54) is 21.7 Å². The minimum Gasteiger partial charge on any atom is -0.324 e. The Balaban J connectivity index is 1.46. The summed E-state index contributed by atoms with van der Waals surface area (Å²) < 4.78 is 0. The summed E-state index contributed by atoms with van der Waals surface area (Å²) in [5.74, 6) is 0.127. The fourth-order valence-corrected chi connectivity index (χ4v) is 4.67. The van der Waals surface area contributed by atoms with E-state index < -0.39 is 6.04 Å². The Hall–Kier alpha value is -3.64. The minimum absolute atomic E-state index is 0.128. The van der Waals surface area contributed by atoms with Crippen LogP contribution < -0.4 is 5.32 Å². The number of rotatable bonds is 5. The Labute approximate surface area is 189 Å². The highest BCUT2D eigenvalue weighted by Crippen LogP contribution is 2.24. The van der Waals surface area contributed by atoms with Crippen molar-refractivity contribution in [3.05, 3.63) is 65.7 Å². The summed E-state index contributed by atoms with van der Waals surface area (Å²) >= 11 is 1.50. The van der Waals surface area contributed by atoms with Crippen molar-refractivity contribution < 1.29 is 14.4 Å². The highest BCUT2D eigenvalue weighted by atomic mass is 32.2. The van der Waals surface area contributed by atoms with Crippen molar-refractivity contribution >= 4 is 40.9 Å². The highest BCUT2D eigenvalue weighted by molar-refractivity contribution is 7.99. The van der Waals surface area contributed by atoms with Crippen LogP contribution in [0.2, 0.25) is 0 Å². The zero-order valence-electron chi connectivity index (χ0n) is 17.2. The fourth-order valence-electron chi connectivity index (χ4n) is 3.51. The minimum atomic E-state index is -0.633. The average molecular weight is 448 g/mol. The lowest BCUT2D eigenvalue weighted by Crippen LogP contribution is -2.48. The summed E-state index contributed by atoms with van der Waals surface area (Å²) in [6.45, 7) is 0.299. The second-order valence-electron chi connectivity index (χ2n) is 7.45. The van der Waals surface area contributed by atoms with Gasteiger partial charge in [0.2, 0.25) is 11.8 Å². The van der Waals surface area contributed by atoms with E-state index in [0.29, 0.717) is 35.1 Å². The molecule has 4 rings (SSSR count). The van der Waals surface area contributed by atoms with Gasteiger partial charge in [-0.05, 0) is 29.8 Å². The number of hydrogen-bond donors (Lipinski definition) is 1. The van der Waals surface area contributed by atoms with Gasteiger partial charge in [0.25, 0.3) is 5.91 Å². The molecule has 2 heterocycles. The molecular weight excluding hydrogens is 426 g/mol. The van der Waals surface area contributed by atoms with Crippen molar-refractivity contribution in [2.75, 3.05) is 16.9 Å². The molecule has 0 aromatic heterocycles. The number of thioether (sulfide) groups is 1. The lowest BCUT2D eigenvalue weighted by atomic mass is 10.1. The molecule has 0 aliphatic carbocycles. The molecule has 2 aromatic rings. The van der Waals surface area contributed by atoms with E-state index in [1.54, 1.807) is 24.3 Å². The molecule has 0 bridgehead atoms. The largest absolute Gasteiger partial charge is 0.324 e. The van der Waals surface area contributed by atoms with Crippen LogP contribution in [0.3, 0.4) is 0 Å². The molecule has 1 fully saturated rings. The molecule has 1 saturated heterocycles. The Morgan fingerprint density at radius 3 is 2.59 bits per heavy atom. The molecule has 0 saturated carbocycles. The number of anilines is 1. The maximum Gasteiger partial charge on any atom is 0.271 e. The number of carbonyl (C=O) groups is 3. The number of amides is 3. The second-order valence-corrected chi connectivity index (χ2v) is 8.45. The van der Waals surface area contributed by atoms with E-state index in [2.05, 4.69) is 10.4 Å². The van der Waals surface area contributed by atoms with Crippen molar-refractivity contribution in [2.24, 2.45) is 5.10 Å². The molecule has 162 valence electrons. The number of carbonyl (C=O) groups excluding carboxylic acids is 3. The van der Waals surface area contributed by atoms with Gasteiger partial charge < -0.3 is 10.2 Å². The van der Waals surface area contributed by atoms with E-state index in [-0.39, 0.29) is 30.6 Å². The van der Waals surface area contributed by atoms with Gasteiger partial charge in [-0.15, -0.1) is 11.8 Å². The van der Waals surface area contributed by atoms with E-state index in [1.807, 2.05) is 36.4 Å². The van der Waals surface area contributed by atoms with E-state index in [9.17, 15) is 14.4 Å². The monoisotopic (exact) mass is 447 g/mol. The smallest absolute Gasteiger partial charge is 0.271 e. The summed E-state index contributed by atoms with van der Waals surface area (Å²) in [7, 11) is 0. The molecule has 9 heteroatoms. The summed E-state index contributed by atoms with van der Waals surface area (Å²) in [5, 5.41) is 17.4. The summed E-state index contributed by atoms with van der Waals surface area (Å²) in [6, 6.07) is 17.4. The van der Waals surface area contributed by atoms with Gasteiger partial charge >= 0.3 is 0 Å². The Morgan fingerprint density at radius 2 is 1.88 bits per heavy atom. The molecule has 32 heavy (non-hydrogen) atoms. The lowest BCUT2D eigenvalue weighted by Gasteiger charge is -2.27. The Kier molecular flexibility index (Phi) is 6.52. The van der Waals surface area contributed by atoms with Crippen LogP contribution in [0, 0.1) is 11.3 Å². The predicted octanol–water partition coefficient (Wildman–Crippen LogP) is 2.58. The maximum atomic E-state index is 13.2. The molecule has 8 nitrogen and oxygen atoms in total. The van der Waals surface area contributed by atoms with Crippen molar-refractivity contribution in [2.45, 2.75) is 25.4 Å². The topological polar surface area (TPSA) is 106 Å². The van der Waals surface area contributed by atoms with Gasteiger partial charge in [0.05, 0.1) is 24.1 Å². The summed E-state index contributed by atoms with van der Waals surface area (Å²) in [6.07, 6.45) is 0.467. The van der Waals surface area contributed by atoms with Gasteiger partial charge in [-0.2, -0.15) is 10.4 Å². The number of hydrazone groups is 1. The number of nitrogens with one attached hydrogen (secondary N) is 1. The first-order valence-electron chi connectivity index (χ1n) is 10.2. The molecule has 1 atom stereocenters. The molecule has 2 aromatic carbocycles. The quantitative estimate of drug-likeness (QED) is 0.758. The lowest BCUT2D eigenvalue weighted by molar-refractivity contribution is -0.134. The number of hydrogen-bond acceptors (Lipinski definition) is 6. The van der Waals surface area contributed by atoms with Crippen molar-refractivity contribution in [3.8, 4) is 6.07 Å². The first kappa shape index (κ1) is 21.6. The van der Waals surface area contributed by atoms with Crippen LogP contribution in [0.15, 0.2) is 59.7 Å². The third-order valence-electron chi connectivity index (χ3n) is 5.25. The molecule has 0 radical (unpaired) electrons. The van der Waals surface area contributed by atoms with E-state index in [4.69, 9.17) is 5.26 Å². The molecule has 3 amide bonds. The maximum absolute atomic E-state index is 13.2. The van der Waals surface area contributed by atoms with E-state index in [0.717, 1.165) is 5.56 Å². The van der Waals surface area contributed by atoms with Crippen LogP contribution in [0.5, 0.6) is 0 Å². The van der Waals surface area contributed by atoms with Gasteiger partial charge in [0, 0.05) is 24.3 Å². The highest BCUT2D eigenvalue weighted by Gasteiger charge is 2.38. The van der Waals surface area contributed by atoms with Gasteiger partial charge in [0.1, 0.15) is 11.8 Å². The molecule has 1 unspecified atom stereocenters. The normalized spacial score (nSPS) is 18.2. The molecular formula is C23H21N5O3S. The first-order valence-corrected chi connectivity index (χ1v) is 11.3. The molecule has 1 N–H and O–H groups in total. The fraction of sp³-hybridized carbons (Fsp3) is 0.261. The Bertz CT molecular complexity index is 1090. The van der Waals surface area contributed by atoms with Crippen LogP contribution in [-0.4, -0.2) is 51.0 Å². The van der Waals surface area contributed by atoms with Crippen LogP contribution in [0.25, 0.3) is 0 Å². The van der Waals surface area contributed by atoms with E-state index >= 15 is 0 Å². The van der Waals surface area contributed by atoms with Gasteiger partial charge in [0.15, 0.2) is 0 Å². The van der Waals surface area contributed by atoms with Gasteiger partial charge in [-0.3, -0.25) is 14.4 Å². The number of benzene rings is 2. The molecule has 2 aliphatic heterocycles. The summed E-state index contributed by atoms with van der Waals surface area (Å²) in [5.41, 5.74) is 2.28. The third-order valence-corrected chi connectivity index (χ3v) is 6.27. The standard InChI is InChI=1S/C23H21N5O3S/c24-12-16-6-8-18(9-7-16)25-22(30)20-14-32-15-27(20)23(31)19-10-11-21(29)28(26-19)13-17-4-2-1-3-5-17/h1-9,20H,10-11,13-15H2,(H,25,30). The zero-order chi connectivity index (χ0) is 22.5. The second kappa shape index (κ2) is 9.66. The van der Waals surface area contributed by atoms with Crippen molar-refractivity contribution in [1.29, 1.82) is 5.26 Å².